The normalized spacial score (nSPS) is 12.2. The van der Waals surface area contributed by atoms with E-state index in [2.05, 4.69) is 13.8 Å². The first kappa shape index (κ1) is 18.2. The lowest BCUT2D eigenvalue weighted by molar-refractivity contribution is -0.126. The summed E-state index contributed by atoms with van der Waals surface area (Å²) in [5.41, 5.74) is 0. The zero-order chi connectivity index (χ0) is 14.3. The third-order valence-electron chi connectivity index (χ3n) is 2.77. The average Bonchev–Trinajstić information content (AvgIpc) is 2.39. The van der Waals surface area contributed by atoms with Crippen LogP contribution in [0.3, 0.4) is 0 Å². The molecule has 0 saturated heterocycles. The fourth-order valence-corrected chi connectivity index (χ4v) is 1.60. The van der Waals surface area contributed by atoms with E-state index in [4.69, 9.17) is 14.2 Å². The monoisotopic (exact) mass is 274 g/mol. The van der Waals surface area contributed by atoms with E-state index in [-0.39, 0.29) is 0 Å². The second-order valence-corrected chi connectivity index (χ2v) is 4.72. The molecule has 0 bridgehead atoms. The molecule has 0 spiro atoms. The summed E-state index contributed by atoms with van der Waals surface area (Å²) in [7, 11) is 0. The molecule has 0 aliphatic carbocycles. The maximum absolute atomic E-state index is 11.5. The van der Waals surface area contributed by atoms with Crippen molar-refractivity contribution in [2.75, 3.05) is 13.2 Å². The second kappa shape index (κ2) is 13.7. The Hall–Kier alpha value is -0.770. The molecule has 0 aromatic rings. The van der Waals surface area contributed by atoms with Crippen molar-refractivity contribution in [3.63, 3.8) is 0 Å². The van der Waals surface area contributed by atoms with Gasteiger partial charge in [0.15, 0.2) is 0 Å². The molecule has 1 atom stereocenters. The summed E-state index contributed by atoms with van der Waals surface area (Å²) < 4.78 is 15.7. The van der Waals surface area contributed by atoms with Crippen molar-refractivity contribution in [3.8, 4) is 0 Å². The van der Waals surface area contributed by atoms with Crippen LogP contribution >= 0.6 is 0 Å². The first-order valence-corrected chi connectivity index (χ1v) is 7.69. The number of hydrogen-bond donors (Lipinski definition) is 0. The van der Waals surface area contributed by atoms with Crippen LogP contribution in [0.15, 0.2) is 0 Å². The van der Waals surface area contributed by atoms with Gasteiger partial charge in [-0.1, -0.05) is 52.9 Å². The third-order valence-corrected chi connectivity index (χ3v) is 2.77. The smallest absolute Gasteiger partial charge is 0.434 e. The van der Waals surface area contributed by atoms with Gasteiger partial charge in [-0.05, 0) is 12.8 Å². The molecule has 0 aromatic heterocycles. The van der Waals surface area contributed by atoms with E-state index in [1.54, 1.807) is 0 Å². The van der Waals surface area contributed by atoms with Gasteiger partial charge in [0.25, 0.3) is 0 Å². The number of rotatable bonds is 12. The van der Waals surface area contributed by atoms with Gasteiger partial charge in [-0.3, -0.25) is 0 Å². The highest BCUT2D eigenvalue weighted by atomic mass is 16.8. The molecular formula is C15H30O4. The summed E-state index contributed by atoms with van der Waals surface area (Å²) in [5, 5.41) is 0. The molecule has 1 unspecified atom stereocenters. The van der Waals surface area contributed by atoms with Crippen molar-refractivity contribution >= 4 is 6.16 Å². The van der Waals surface area contributed by atoms with Gasteiger partial charge in [0.1, 0.15) is 0 Å². The fraction of sp³-hybridized carbons (Fsp3) is 0.933. The van der Waals surface area contributed by atoms with Gasteiger partial charge in [0.05, 0.1) is 13.2 Å². The van der Waals surface area contributed by atoms with Crippen molar-refractivity contribution < 1.29 is 19.0 Å². The van der Waals surface area contributed by atoms with E-state index in [9.17, 15) is 4.79 Å². The highest BCUT2D eigenvalue weighted by Gasteiger charge is 2.14. The van der Waals surface area contributed by atoms with Crippen molar-refractivity contribution in [1.82, 2.24) is 0 Å². The van der Waals surface area contributed by atoms with E-state index in [1.807, 2.05) is 6.92 Å². The maximum atomic E-state index is 11.5. The largest absolute Gasteiger partial charge is 0.510 e. The molecule has 0 fully saturated rings. The minimum Gasteiger partial charge on any atom is -0.434 e. The molecule has 0 amide bonds. The van der Waals surface area contributed by atoms with Crippen LogP contribution in [0.4, 0.5) is 4.79 Å². The van der Waals surface area contributed by atoms with Crippen LogP contribution in [0.1, 0.15) is 72.1 Å². The summed E-state index contributed by atoms with van der Waals surface area (Å²) in [6, 6.07) is 0. The molecule has 0 aliphatic rings. The van der Waals surface area contributed by atoms with E-state index in [1.165, 1.54) is 12.8 Å². The standard InChI is InChI=1S/C15H30O4/c1-4-7-9-10-13-18-15(16)19-14(11-6-3)17-12-8-5-2/h14H,4-13H2,1-3H3. The van der Waals surface area contributed by atoms with E-state index < -0.39 is 12.4 Å². The molecule has 19 heavy (non-hydrogen) atoms. The SMILES string of the molecule is CCCCCCOC(=O)OC(CCC)OCCCC. The van der Waals surface area contributed by atoms with Gasteiger partial charge < -0.3 is 14.2 Å². The molecule has 0 rings (SSSR count). The Balaban J connectivity index is 3.70. The molecule has 4 nitrogen and oxygen atoms in total. The Kier molecular flexibility index (Phi) is 13.1. The number of unbranched alkanes of at least 4 members (excludes halogenated alkanes) is 4. The Morgan fingerprint density at radius 3 is 2.26 bits per heavy atom. The highest BCUT2D eigenvalue weighted by molar-refractivity contribution is 5.59. The van der Waals surface area contributed by atoms with Crippen LogP contribution in [-0.4, -0.2) is 25.7 Å². The van der Waals surface area contributed by atoms with Crippen LogP contribution in [0.25, 0.3) is 0 Å². The number of ether oxygens (including phenoxy) is 3. The lowest BCUT2D eigenvalue weighted by Crippen LogP contribution is -2.22. The summed E-state index contributed by atoms with van der Waals surface area (Å²) in [5.74, 6) is 0. The van der Waals surface area contributed by atoms with E-state index >= 15 is 0 Å². The first-order valence-electron chi connectivity index (χ1n) is 7.69. The number of hydrogen-bond acceptors (Lipinski definition) is 4. The summed E-state index contributed by atoms with van der Waals surface area (Å²) in [4.78, 5) is 11.5. The Labute approximate surface area is 117 Å². The first-order chi connectivity index (χ1) is 9.24. The lowest BCUT2D eigenvalue weighted by Gasteiger charge is -2.17. The maximum Gasteiger partial charge on any atom is 0.510 e. The molecule has 0 radical (unpaired) electrons. The number of carbonyl (C=O) groups excluding carboxylic acids is 1. The zero-order valence-electron chi connectivity index (χ0n) is 12.8. The molecule has 0 N–H and O–H groups in total. The fourth-order valence-electron chi connectivity index (χ4n) is 1.60. The minimum atomic E-state index is -0.605. The van der Waals surface area contributed by atoms with Crippen molar-refractivity contribution in [3.05, 3.63) is 0 Å². The van der Waals surface area contributed by atoms with Crippen LogP contribution in [0, 0.1) is 0 Å². The molecule has 0 heterocycles. The predicted molar refractivity (Wildman–Crippen MR) is 76.1 cm³/mol. The summed E-state index contributed by atoms with van der Waals surface area (Å²) >= 11 is 0. The zero-order valence-corrected chi connectivity index (χ0v) is 12.8. The van der Waals surface area contributed by atoms with Crippen molar-refractivity contribution in [2.45, 2.75) is 78.4 Å². The Morgan fingerprint density at radius 1 is 0.895 bits per heavy atom. The Bertz CT molecular complexity index is 206. The van der Waals surface area contributed by atoms with Crippen molar-refractivity contribution in [1.29, 1.82) is 0 Å². The molecular weight excluding hydrogens is 244 g/mol. The highest BCUT2D eigenvalue weighted by Crippen LogP contribution is 2.07. The van der Waals surface area contributed by atoms with Crippen molar-refractivity contribution in [2.24, 2.45) is 0 Å². The number of carbonyl (C=O) groups is 1. The van der Waals surface area contributed by atoms with Crippen LogP contribution < -0.4 is 0 Å². The Morgan fingerprint density at radius 2 is 1.63 bits per heavy atom. The average molecular weight is 274 g/mol. The van der Waals surface area contributed by atoms with Crippen LogP contribution in [0.5, 0.6) is 0 Å². The van der Waals surface area contributed by atoms with Gasteiger partial charge >= 0.3 is 6.16 Å². The topological polar surface area (TPSA) is 44.8 Å². The molecule has 0 saturated carbocycles. The van der Waals surface area contributed by atoms with Gasteiger partial charge in [0, 0.05) is 6.42 Å². The minimum absolute atomic E-state index is 0.437. The van der Waals surface area contributed by atoms with Gasteiger partial charge in [-0.2, -0.15) is 0 Å². The summed E-state index contributed by atoms with van der Waals surface area (Å²) in [6.45, 7) is 7.36. The lowest BCUT2D eigenvalue weighted by atomic mass is 10.2. The molecule has 4 heteroatoms. The third kappa shape index (κ3) is 12.0. The quantitative estimate of drug-likeness (QED) is 0.295. The summed E-state index contributed by atoms with van der Waals surface area (Å²) in [6.07, 6.45) is 6.97. The molecule has 0 aliphatic heterocycles. The van der Waals surface area contributed by atoms with Gasteiger partial charge in [0.2, 0.25) is 6.29 Å². The van der Waals surface area contributed by atoms with E-state index in [0.29, 0.717) is 19.6 Å². The second-order valence-electron chi connectivity index (χ2n) is 4.72. The molecule has 114 valence electrons. The molecule has 0 aromatic carbocycles. The predicted octanol–water partition coefficient (Wildman–Crippen LogP) is 4.66. The van der Waals surface area contributed by atoms with Crippen LogP contribution in [-0.2, 0) is 14.2 Å². The van der Waals surface area contributed by atoms with Gasteiger partial charge in [-0.15, -0.1) is 0 Å². The van der Waals surface area contributed by atoms with Crippen LogP contribution in [0.2, 0.25) is 0 Å². The van der Waals surface area contributed by atoms with Gasteiger partial charge in [-0.25, -0.2) is 4.79 Å². The van der Waals surface area contributed by atoms with E-state index in [0.717, 1.165) is 32.1 Å².